The van der Waals surface area contributed by atoms with Crippen molar-refractivity contribution < 1.29 is 28.8 Å². The van der Waals surface area contributed by atoms with Gasteiger partial charge in [-0.2, -0.15) is 0 Å². The molecule has 0 aromatic carbocycles. The Hall–Kier alpha value is -4.48. The van der Waals surface area contributed by atoms with Crippen LogP contribution in [0.5, 0.6) is 0 Å². The van der Waals surface area contributed by atoms with Gasteiger partial charge in [-0.05, 0) is 52.4 Å². The van der Waals surface area contributed by atoms with Crippen molar-refractivity contribution >= 4 is 23.2 Å². The molecule has 5 rings (SSSR count). The summed E-state index contributed by atoms with van der Waals surface area (Å²) >= 11 is 0. The van der Waals surface area contributed by atoms with Crippen molar-refractivity contribution in [3.05, 3.63) is 68.9 Å². The number of carbonyl (C=O) groups is 2. The second kappa shape index (κ2) is 9.29. The van der Waals surface area contributed by atoms with E-state index in [1.54, 1.807) is 26.0 Å². The third-order valence-electron chi connectivity index (χ3n) is 6.19. The molecule has 12 heteroatoms. The SMILES string of the molecule is Cc1cc(N=NC2=C(O)C3=C(CCC4=C(CCCC3)C(=O)C(N=Nc3cc(C)on3)=C4O)C2=O)no1. The summed E-state index contributed by atoms with van der Waals surface area (Å²) < 4.78 is 9.88. The van der Waals surface area contributed by atoms with Gasteiger partial charge in [-0.3, -0.25) is 9.59 Å². The van der Waals surface area contributed by atoms with E-state index < -0.39 is 11.6 Å². The normalized spacial score (nSPS) is 19.5. The molecular formula is C24H22N6O6. The monoisotopic (exact) mass is 490 g/mol. The summed E-state index contributed by atoms with van der Waals surface area (Å²) in [4.78, 5) is 26.1. The lowest BCUT2D eigenvalue weighted by Gasteiger charge is -2.12. The van der Waals surface area contributed by atoms with Crippen LogP contribution in [0.2, 0.25) is 0 Å². The molecule has 12 nitrogen and oxygen atoms in total. The number of aliphatic hydroxyl groups excluding tert-OH is 2. The molecular weight excluding hydrogens is 468 g/mol. The lowest BCUT2D eigenvalue weighted by atomic mass is 9.91. The van der Waals surface area contributed by atoms with Gasteiger partial charge >= 0.3 is 0 Å². The molecule has 0 saturated heterocycles. The molecule has 0 amide bonds. The number of nitrogens with zero attached hydrogens (tertiary/aromatic N) is 6. The van der Waals surface area contributed by atoms with E-state index in [1.807, 2.05) is 0 Å². The van der Waals surface area contributed by atoms with Crippen molar-refractivity contribution in [1.29, 1.82) is 0 Å². The van der Waals surface area contributed by atoms with Gasteiger partial charge in [0.15, 0.2) is 22.9 Å². The number of rotatable bonds is 4. The zero-order valence-corrected chi connectivity index (χ0v) is 19.6. The molecule has 0 aliphatic heterocycles. The minimum atomic E-state index is -0.441. The number of aromatic nitrogens is 2. The minimum Gasteiger partial charge on any atom is -0.505 e. The number of hydrogen-bond acceptors (Lipinski definition) is 12. The number of aryl methyl sites for hydroxylation is 2. The van der Waals surface area contributed by atoms with E-state index in [9.17, 15) is 19.8 Å². The van der Waals surface area contributed by atoms with Gasteiger partial charge in [0.1, 0.15) is 11.5 Å². The van der Waals surface area contributed by atoms with Gasteiger partial charge in [-0.25, -0.2) is 0 Å². The van der Waals surface area contributed by atoms with Gasteiger partial charge in [0, 0.05) is 34.4 Å². The Labute approximate surface area is 204 Å². The van der Waals surface area contributed by atoms with Crippen molar-refractivity contribution in [2.75, 3.05) is 0 Å². The highest BCUT2D eigenvalue weighted by molar-refractivity contribution is 6.13. The Morgan fingerprint density at radius 3 is 1.56 bits per heavy atom. The first kappa shape index (κ1) is 23.3. The van der Waals surface area contributed by atoms with Crippen LogP contribution in [-0.4, -0.2) is 32.1 Å². The average Bonchev–Trinajstić information content (AvgIpc) is 3.57. The molecule has 0 atom stereocenters. The Morgan fingerprint density at radius 2 is 1.08 bits per heavy atom. The van der Waals surface area contributed by atoms with Crippen LogP contribution in [0.25, 0.3) is 0 Å². The summed E-state index contributed by atoms with van der Waals surface area (Å²) in [5, 5.41) is 44.7. The molecule has 2 aromatic heterocycles. The predicted octanol–water partition coefficient (Wildman–Crippen LogP) is 5.80. The van der Waals surface area contributed by atoms with Crippen LogP contribution in [0.1, 0.15) is 50.0 Å². The lowest BCUT2D eigenvalue weighted by Crippen LogP contribution is -2.05. The number of carbonyl (C=O) groups excluding carboxylic acids is 2. The Bertz CT molecular complexity index is 1470. The summed E-state index contributed by atoms with van der Waals surface area (Å²) in [5.41, 5.74) is 1.48. The van der Waals surface area contributed by atoms with E-state index in [2.05, 4.69) is 30.8 Å². The average molecular weight is 490 g/mol. The van der Waals surface area contributed by atoms with E-state index in [4.69, 9.17) is 9.05 Å². The van der Waals surface area contributed by atoms with E-state index >= 15 is 0 Å². The highest BCUT2D eigenvalue weighted by Crippen LogP contribution is 2.41. The summed E-state index contributed by atoms with van der Waals surface area (Å²) in [6, 6.07) is 3.10. The first-order chi connectivity index (χ1) is 17.3. The number of allylic oxidation sites excluding steroid dienone is 4. The molecule has 2 aromatic rings. The van der Waals surface area contributed by atoms with Crippen molar-refractivity contribution in [2.45, 2.75) is 52.4 Å². The van der Waals surface area contributed by atoms with Crippen molar-refractivity contribution in [3.63, 3.8) is 0 Å². The maximum Gasteiger partial charge on any atom is 0.216 e. The maximum atomic E-state index is 13.1. The Balaban J connectivity index is 1.39. The molecule has 0 spiro atoms. The van der Waals surface area contributed by atoms with Gasteiger partial charge in [0.05, 0.1) is 0 Å². The summed E-state index contributed by atoms with van der Waals surface area (Å²) in [5.74, 6) is 0.153. The standard InChI is InChI=1S/C24H22N6O6/c1-11-9-17(29-35-11)25-27-19-21(31)13-5-3-4-6-14-16(8-7-15(13)23(19)33)24(34)20(22(14)32)28-26-18-10-12(2)36-30-18/h9-10,31,34H,3-8H2,1-2H3. The zero-order chi connectivity index (χ0) is 25.4. The zero-order valence-electron chi connectivity index (χ0n) is 19.6. The molecule has 36 heavy (non-hydrogen) atoms. The van der Waals surface area contributed by atoms with Crippen LogP contribution in [-0.2, 0) is 9.59 Å². The fourth-order valence-corrected chi connectivity index (χ4v) is 4.46. The topological polar surface area (TPSA) is 176 Å². The smallest absolute Gasteiger partial charge is 0.216 e. The number of hydrogen-bond donors (Lipinski definition) is 2. The largest absolute Gasteiger partial charge is 0.505 e. The summed E-state index contributed by atoms with van der Waals surface area (Å²) in [7, 11) is 0. The quantitative estimate of drug-likeness (QED) is 0.505. The van der Waals surface area contributed by atoms with Gasteiger partial charge in [0.25, 0.3) is 0 Å². The summed E-state index contributed by atoms with van der Waals surface area (Å²) in [6.45, 7) is 3.40. The van der Waals surface area contributed by atoms with Crippen LogP contribution in [0.3, 0.4) is 0 Å². The fourth-order valence-electron chi connectivity index (χ4n) is 4.46. The molecule has 0 fully saturated rings. The summed E-state index contributed by atoms with van der Waals surface area (Å²) in [6.07, 6.45) is 2.51. The van der Waals surface area contributed by atoms with Crippen LogP contribution in [0, 0.1) is 13.8 Å². The molecule has 0 unspecified atom stereocenters. The first-order valence-corrected chi connectivity index (χ1v) is 11.4. The van der Waals surface area contributed by atoms with Crippen molar-refractivity contribution in [3.8, 4) is 0 Å². The third kappa shape index (κ3) is 4.21. The maximum absolute atomic E-state index is 13.1. The second-order valence-electron chi connectivity index (χ2n) is 8.67. The number of ketones is 2. The third-order valence-corrected chi connectivity index (χ3v) is 6.19. The first-order valence-electron chi connectivity index (χ1n) is 11.4. The Morgan fingerprint density at radius 1 is 0.667 bits per heavy atom. The van der Waals surface area contributed by atoms with Gasteiger partial charge < -0.3 is 19.3 Å². The number of Topliss-reactive ketones (excluding diaryl/α,β-unsaturated/α-hetero) is 2. The van der Waals surface area contributed by atoms with Gasteiger partial charge in [-0.15, -0.1) is 20.5 Å². The van der Waals surface area contributed by atoms with Crippen LogP contribution >= 0.6 is 0 Å². The Kier molecular flexibility index (Phi) is 6.00. The van der Waals surface area contributed by atoms with Crippen LogP contribution in [0.4, 0.5) is 11.6 Å². The molecule has 0 radical (unpaired) electrons. The van der Waals surface area contributed by atoms with E-state index in [0.717, 1.165) is 0 Å². The van der Waals surface area contributed by atoms with Crippen LogP contribution < -0.4 is 0 Å². The number of aliphatic hydroxyl groups is 2. The van der Waals surface area contributed by atoms with Crippen LogP contribution in [0.15, 0.2) is 86.8 Å². The van der Waals surface area contributed by atoms with Gasteiger partial charge in [-0.1, -0.05) is 10.3 Å². The molecule has 0 saturated carbocycles. The second-order valence-corrected chi connectivity index (χ2v) is 8.67. The molecule has 0 bridgehead atoms. The fraction of sp³-hybridized carbons (Fsp3) is 0.333. The lowest BCUT2D eigenvalue weighted by molar-refractivity contribution is -0.113. The molecule has 3 aliphatic rings. The minimum absolute atomic E-state index is 0.159. The highest BCUT2D eigenvalue weighted by Gasteiger charge is 2.36. The molecule has 2 N–H and O–H groups in total. The highest BCUT2D eigenvalue weighted by atomic mass is 16.5. The predicted molar refractivity (Wildman–Crippen MR) is 123 cm³/mol. The van der Waals surface area contributed by atoms with Crippen molar-refractivity contribution in [1.82, 2.24) is 10.3 Å². The molecule has 2 heterocycles. The molecule has 3 aliphatic carbocycles. The van der Waals surface area contributed by atoms with Crippen molar-refractivity contribution in [2.24, 2.45) is 20.5 Å². The van der Waals surface area contributed by atoms with E-state index in [-0.39, 0.29) is 47.4 Å². The van der Waals surface area contributed by atoms with E-state index in [1.165, 1.54) is 0 Å². The van der Waals surface area contributed by atoms with Gasteiger partial charge in [0.2, 0.25) is 23.2 Å². The molecule has 184 valence electrons. The van der Waals surface area contributed by atoms with E-state index in [0.29, 0.717) is 59.5 Å². The number of azo groups is 2.